The summed E-state index contributed by atoms with van der Waals surface area (Å²) in [6, 6.07) is 7.72. The van der Waals surface area contributed by atoms with Gasteiger partial charge in [-0.2, -0.15) is 0 Å². The van der Waals surface area contributed by atoms with Gasteiger partial charge >= 0.3 is 0 Å². The molecule has 0 amide bonds. The van der Waals surface area contributed by atoms with E-state index in [-0.39, 0.29) is 11.0 Å². The Hall–Kier alpha value is -2.58. The van der Waals surface area contributed by atoms with Crippen molar-refractivity contribution in [1.29, 1.82) is 0 Å². The maximum atomic E-state index is 11.5. The van der Waals surface area contributed by atoms with Crippen molar-refractivity contribution in [2.45, 2.75) is 71.2 Å². The Morgan fingerprint density at radius 2 is 1.11 bits per heavy atom. The van der Waals surface area contributed by atoms with Crippen LogP contribution in [0.2, 0.25) is 18.1 Å². The van der Waals surface area contributed by atoms with E-state index in [1.165, 1.54) is 0 Å². The molecule has 0 saturated carbocycles. The zero-order valence-electron chi connectivity index (χ0n) is 24.7. The highest BCUT2D eigenvalue weighted by Gasteiger charge is 2.40. The predicted molar refractivity (Wildman–Crippen MR) is 151 cm³/mol. The lowest BCUT2D eigenvalue weighted by Crippen LogP contribution is -2.44. The Morgan fingerprint density at radius 1 is 0.703 bits per heavy atom. The van der Waals surface area contributed by atoms with Crippen LogP contribution in [0.4, 0.5) is 0 Å². The van der Waals surface area contributed by atoms with Crippen molar-refractivity contribution in [3.63, 3.8) is 0 Å². The van der Waals surface area contributed by atoms with Crippen LogP contribution in [-0.4, -0.2) is 54.6 Å². The highest BCUT2D eigenvalue weighted by Crippen LogP contribution is 2.45. The lowest BCUT2D eigenvalue weighted by atomic mass is 9.81. The van der Waals surface area contributed by atoms with Crippen molar-refractivity contribution in [2.24, 2.45) is 5.92 Å². The maximum Gasteiger partial charge on any atom is 0.250 e. The molecule has 0 aliphatic rings. The number of benzene rings is 2. The molecule has 0 unspecified atom stereocenters. The number of methoxy groups -OCH3 is 5. The molecule has 7 nitrogen and oxygen atoms in total. The van der Waals surface area contributed by atoms with Crippen LogP contribution in [0.15, 0.2) is 24.3 Å². The van der Waals surface area contributed by atoms with Crippen LogP contribution in [0.1, 0.15) is 45.7 Å². The van der Waals surface area contributed by atoms with Gasteiger partial charge in [0.2, 0.25) is 5.75 Å². The first-order valence-electron chi connectivity index (χ1n) is 12.6. The molecule has 0 radical (unpaired) electrons. The Labute approximate surface area is 224 Å². The zero-order chi connectivity index (χ0) is 28.2. The topological polar surface area (TPSA) is 75.6 Å². The molecule has 37 heavy (non-hydrogen) atoms. The van der Waals surface area contributed by atoms with Crippen molar-refractivity contribution in [3.05, 3.63) is 35.4 Å². The largest absolute Gasteiger partial charge is 0.539 e. The van der Waals surface area contributed by atoms with Gasteiger partial charge in [0, 0.05) is 6.42 Å². The molecule has 1 N–H and O–H groups in total. The average molecular weight is 535 g/mol. The SMILES string of the molecule is COc1cc(C[C@@](C)(O)[C@@H](C)Cc2cc(OC)c(O[Si](C)(C)C(C)(C)C)c(OC)c2)cc(OC)c1OC. The van der Waals surface area contributed by atoms with Crippen molar-refractivity contribution < 1.29 is 33.2 Å². The first-order chi connectivity index (χ1) is 17.1. The lowest BCUT2D eigenvalue weighted by Gasteiger charge is -2.37. The van der Waals surface area contributed by atoms with E-state index in [2.05, 4.69) is 33.9 Å². The van der Waals surface area contributed by atoms with E-state index in [0.29, 0.717) is 47.3 Å². The minimum absolute atomic E-state index is 0.0295. The lowest BCUT2D eigenvalue weighted by molar-refractivity contribution is 0.00660. The summed E-state index contributed by atoms with van der Waals surface area (Å²) in [5, 5.41) is 11.5. The van der Waals surface area contributed by atoms with Crippen molar-refractivity contribution in [3.8, 4) is 34.5 Å². The Bertz CT molecular complexity index is 1010. The smallest absolute Gasteiger partial charge is 0.250 e. The quantitative estimate of drug-likeness (QED) is 0.321. The normalized spacial score (nSPS) is 14.4. The summed E-state index contributed by atoms with van der Waals surface area (Å²) < 4.78 is 34.5. The third kappa shape index (κ3) is 7.05. The van der Waals surface area contributed by atoms with Crippen LogP contribution < -0.4 is 28.1 Å². The van der Waals surface area contributed by atoms with Gasteiger partial charge in [-0.25, -0.2) is 0 Å². The van der Waals surface area contributed by atoms with Gasteiger partial charge in [0.1, 0.15) is 0 Å². The summed E-state index contributed by atoms with van der Waals surface area (Å²) in [5.74, 6) is 3.47. The van der Waals surface area contributed by atoms with E-state index >= 15 is 0 Å². The maximum absolute atomic E-state index is 11.5. The van der Waals surface area contributed by atoms with E-state index in [9.17, 15) is 5.11 Å². The molecule has 0 saturated heterocycles. The fraction of sp³-hybridized carbons (Fsp3) is 0.586. The van der Waals surface area contributed by atoms with Gasteiger partial charge in [-0.05, 0) is 72.8 Å². The van der Waals surface area contributed by atoms with Gasteiger partial charge < -0.3 is 33.2 Å². The van der Waals surface area contributed by atoms with Crippen molar-refractivity contribution >= 4 is 8.32 Å². The summed E-state index contributed by atoms with van der Waals surface area (Å²) in [6.07, 6.45) is 1.02. The minimum Gasteiger partial charge on any atom is -0.539 e. The van der Waals surface area contributed by atoms with Gasteiger partial charge in [0.05, 0.1) is 41.2 Å². The third-order valence-electron chi connectivity index (χ3n) is 7.57. The molecule has 2 atom stereocenters. The Morgan fingerprint density at radius 3 is 1.49 bits per heavy atom. The minimum atomic E-state index is -2.12. The number of hydrogen-bond donors (Lipinski definition) is 1. The van der Waals surface area contributed by atoms with Gasteiger partial charge in [-0.1, -0.05) is 27.7 Å². The van der Waals surface area contributed by atoms with E-state index in [1.54, 1.807) is 35.5 Å². The van der Waals surface area contributed by atoms with Crippen LogP contribution in [-0.2, 0) is 12.8 Å². The first-order valence-corrected chi connectivity index (χ1v) is 15.5. The summed E-state index contributed by atoms with van der Waals surface area (Å²) in [7, 11) is 5.91. The predicted octanol–water partition coefficient (Wildman–Crippen LogP) is 6.29. The summed E-state index contributed by atoms with van der Waals surface area (Å²) >= 11 is 0. The average Bonchev–Trinajstić information content (AvgIpc) is 2.82. The van der Waals surface area contributed by atoms with Gasteiger partial charge in [-0.15, -0.1) is 0 Å². The second-order valence-corrected chi connectivity index (χ2v) is 16.1. The van der Waals surface area contributed by atoms with Gasteiger partial charge in [0.15, 0.2) is 28.7 Å². The zero-order valence-corrected chi connectivity index (χ0v) is 25.7. The van der Waals surface area contributed by atoms with E-state index in [4.69, 9.17) is 28.1 Å². The number of hydrogen-bond acceptors (Lipinski definition) is 7. The van der Waals surface area contributed by atoms with Crippen LogP contribution in [0, 0.1) is 5.92 Å². The molecule has 0 heterocycles. The van der Waals surface area contributed by atoms with Crippen LogP contribution in [0.25, 0.3) is 0 Å². The van der Waals surface area contributed by atoms with Crippen LogP contribution >= 0.6 is 0 Å². The fourth-order valence-electron chi connectivity index (χ4n) is 3.96. The molecule has 0 spiro atoms. The number of ether oxygens (including phenoxy) is 5. The Balaban J connectivity index is 2.35. The van der Waals surface area contributed by atoms with E-state index in [0.717, 1.165) is 11.1 Å². The molecule has 0 fully saturated rings. The molecule has 208 valence electrons. The van der Waals surface area contributed by atoms with Crippen molar-refractivity contribution in [1.82, 2.24) is 0 Å². The van der Waals surface area contributed by atoms with Crippen LogP contribution in [0.5, 0.6) is 34.5 Å². The monoisotopic (exact) mass is 534 g/mol. The van der Waals surface area contributed by atoms with Crippen LogP contribution in [0.3, 0.4) is 0 Å². The van der Waals surface area contributed by atoms with E-state index in [1.807, 2.05) is 38.1 Å². The Kier molecular flexibility index (Phi) is 9.82. The third-order valence-corrected chi connectivity index (χ3v) is 11.9. The molecule has 2 aromatic carbocycles. The number of aliphatic hydroxyl groups is 1. The molecular weight excluding hydrogens is 488 g/mol. The van der Waals surface area contributed by atoms with Crippen molar-refractivity contribution in [2.75, 3.05) is 35.5 Å². The summed E-state index contributed by atoms with van der Waals surface area (Å²) in [6.45, 7) is 14.9. The summed E-state index contributed by atoms with van der Waals surface area (Å²) in [5.41, 5.74) is 0.870. The molecule has 0 bridgehead atoms. The molecule has 8 heteroatoms. The van der Waals surface area contributed by atoms with Gasteiger partial charge in [-0.3, -0.25) is 0 Å². The molecule has 0 aliphatic carbocycles. The standard InChI is InChI=1S/C29H46O7Si/c1-19(29(5,30)18-21-16-22(31-6)26(35-10)23(17-21)32-7)13-20-14-24(33-8)27(25(15-20)34-9)36-37(11,12)28(2,3)4/h14-17,19,30H,13,18H2,1-12H3/t19-,29+/m0/s1. The molecular formula is C29H46O7Si. The highest BCUT2D eigenvalue weighted by atomic mass is 28.4. The second kappa shape index (κ2) is 11.9. The highest BCUT2D eigenvalue weighted by molar-refractivity contribution is 6.74. The molecule has 0 aliphatic heterocycles. The number of rotatable bonds is 12. The second-order valence-electron chi connectivity index (χ2n) is 11.4. The molecule has 2 rings (SSSR count). The summed E-state index contributed by atoms with van der Waals surface area (Å²) in [4.78, 5) is 0. The fourth-order valence-corrected chi connectivity index (χ4v) is 4.98. The molecule has 0 aromatic heterocycles. The van der Waals surface area contributed by atoms with E-state index < -0.39 is 13.9 Å². The van der Waals surface area contributed by atoms with Gasteiger partial charge in [0.25, 0.3) is 8.32 Å². The first kappa shape index (κ1) is 30.6. The molecule has 2 aromatic rings.